The second-order valence-corrected chi connectivity index (χ2v) is 8.27. The molecule has 0 bridgehead atoms. The number of nitrogens with one attached hydrogen (secondary N) is 2. The predicted octanol–water partition coefficient (Wildman–Crippen LogP) is 3.63. The van der Waals surface area contributed by atoms with Gasteiger partial charge in [0.2, 0.25) is 0 Å². The fourth-order valence-corrected chi connectivity index (χ4v) is 2.93. The van der Waals surface area contributed by atoms with Gasteiger partial charge >= 0.3 is 6.09 Å². The van der Waals surface area contributed by atoms with Gasteiger partial charge in [0.15, 0.2) is 0 Å². The Morgan fingerprint density at radius 3 is 2.44 bits per heavy atom. The van der Waals surface area contributed by atoms with Crippen LogP contribution in [-0.4, -0.2) is 35.9 Å². The smallest absolute Gasteiger partial charge is 0.408 e. The van der Waals surface area contributed by atoms with Crippen molar-refractivity contribution < 1.29 is 14.3 Å². The summed E-state index contributed by atoms with van der Waals surface area (Å²) < 4.78 is 11.4. The number of rotatable bonds is 7. The molecule has 1 aliphatic carbocycles. The zero-order valence-electron chi connectivity index (χ0n) is 16.1. The first-order chi connectivity index (χ1) is 11.7. The van der Waals surface area contributed by atoms with Crippen molar-refractivity contribution in [1.82, 2.24) is 10.6 Å². The van der Waals surface area contributed by atoms with Crippen LogP contribution in [0.15, 0.2) is 30.3 Å². The van der Waals surface area contributed by atoms with E-state index >= 15 is 0 Å². The van der Waals surface area contributed by atoms with Gasteiger partial charge in [-0.15, -0.1) is 0 Å². The highest BCUT2D eigenvalue weighted by atomic mass is 16.6. The van der Waals surface area contributed by atoms with Gasteiger partial charge in [0.25, 0.3) is 0 Å². The van der Waals surface area contributed by atoms with E-state index in [0.717, 1.165) is 19.4 Å². The van der Waals surface area contributed by atoms with Gasteiger partial charge in [-0.05, 0) is 39.2 Å². The molecule has 1 aliphatic rings. The van der Waals surface area contributed by atoms with Crippen molar-refractivity contribution in [3.05, 3.63) is 35.9 Å². The van der Waals surface area contributed by atoms with Crippen LogP contribution >= 0.6 is 0 Å². The first-order valence-electron chi connectivity index (χ1n) is 9.08. The van der Waals surface area contributed by atoms with Crippen molar-refractivity contribution in [2.75, 3.05) is 6.54 Å². The molecule has 0 unspecified atom stereocenters. The van der Waals surface area contributed by atoms with Crippen LogP contribution in [0, 0.1) is 0 Å². The molecule has 1 fully saturated rings. The normalized spacial score (nSPS) is 23.2. The molecule has 1 aromatic rings. The van der Waals surface area contributed by atoms with Crippen LogP contribution in [0.1, 0.15) is 53.0 Å². The highest BCUT2D eigenvalue weighted by Crippen LogP contribution is 2.35. The molecule has 0 radical (unpaired) electrons. The van der Waals surface area contributed by atoms with Gasteiger partial charge < -0.3 is 20.1 Å². The first-order valence-corrected chi connectivity index (χ1v) is 9.08. The maximum atomic E-state index is 12.2. The van der Waals surface area contributed by atoms with Gasteiger partial charge in [-0.25, -0.2) is 4.79 Å². The van der Waals surface area contributed by atoms with Crippen molar-refractivity contribution in [3.63, 3.8) is 0 Å². The third-order valence-electron chi connectivity index (χ3n) is 4.18. The highest BCUT2D eigenvalue weighted by Gasteiger charge is 2.46. The molecule has 0 aromatic heterocycles. The molecule has 2 rings (SSSR count). The summed E-state index contributed by atoms with van der Waals surface area (Å²) in [6.07, 6.45) is 1.38. The molecular formula is C20H32N2O3. The van der Waals surface area contributed by atoms with E-state index in [1.807, 2.05) is 39.0 Å². The molecule has 0 saturated heterocycles. The summed E-state index contributed by atoms with van der Waals surface area (Å²) >= 11 is 0. The summed E-state index contributed by atoms with van der Waals surface area (Å²) in [6, 6.07) is 10.5. The number of ether oxygens (including phenoxy) is 2. The Balaban J connectivity index is 1.86. The molecular weight excluding hydrogens is 316 g/mol. The molecule has 140 valence electrons. The summed E-state index contributed by atoms with van der Waals surface area (Å²) in [4.78, 5) is 12.2. The van der Waals surface area contributed by atoms with Crippen LogP contribution < -0.4 is 10.6 Å². The maximum Gasteiger partial charge on any atom is 0.408 e. The number of hydrogen-bond acceptors (Lipinski definition) is 4. The summed E-state index contributed by atoms with van der Waals surface area (Å²) in [7, 11) is 0. The van der Waals surface area contributed by atoms with Crippen LogP contribution in [-0.2, 0) is 16.1 Å². The first kappa shape index (κ1) is 19.7. The Morgan fingerprint density at radius 1 is 1.24 bits per heavy atom. The largest absolute Gasteiger partial charge is 0.444 e. The molecule has 1 saturated carbocycles. The van der Waals surface area contributed by atoms with Gasteiger partial charge in [-0.3, -0.25) is 0 Å². The summed E-state index contributed by atoms with van der Waals surface area (Å²) in [5.41, 5.74) is 0.373. The monoisotopic (exact) mass is 348 g/mol. The lowest BCUT2D eigenvalue weighted by Crippen LogP contribution is -2.65. The lowest BCUT2D eigenvalue weighted by Gasteiger charge is -2.48. The number of alkyl carbamates (subject to hydrolysis) is 1. The van der Waals surface area contributed by atoms with Crippen LogP contribution in [0.4, 0.5) is 4.79 Å². The number of benzene rings is 1. The minimum atomic E-state index is -0.496. The Morgan fingerprint density at radius 2 is 1.88 bits per heavy atom. The van der Waals surface area contributed by atoms with Gasteiger partial charge in [0.1, 0.15) is 5.60 Å². The quantitative estimate of drug-likeness (QED) is 0.790. The third-order valence-corrected chi connectivity index (χ3v) is 4.18. The Hall–Kier alpha value is -1.59. The average molecular weight is 348 g/mol. The maximum absolute atomic E-state index is 12.2. The van der Waals surface area contributed by atoms with Crippen LogP contribution in [0.3, 0.4) is 0 Å². The van der Waals surface area contributed by atoms with Crippen molar-refractivity contribution in [2.45, 2.75) is 77.4 Å². The molecule has 0 spiro atoms. The molecule has 0 aliphatic heterocycles. The fraction of sp³-hybridized carbons (Fsp3) is 0.650. The lowest BCUT2D eigenvalue weighted by atomic mass is 9.74. The molecule has 5 heteroatoms. The van der Waals surface area contributed by atoms with Crippen molar-refractivity contribution in [3.8, 4) is 0 Å². The second-order valence-electron chi connectivity index (χ2n) is 8.27. The number of amides is 1. The minimum Gasteiger partial charge on any atom is -0.444 e. The lowest BCUT2D eigenvalue weighted by molar-refractivity contribution is -0.0651. The van der Waals surface area contributed by atoms with Crippen LogP contribution in [0.2, 0.25) is 0 Å². The second kappa shape index (κ2) is 8.19. The summed E-state index contributed by atoms with van der Waals surface area (Å²) in [6.45, 7) is 11.1. The van der Waals surface area contributed by atoms with Gasteiger partial charge in [-0.2, -0.15) is 0 Å². The van der Waals surface area contributed by atoms with E-state index in [1.165, 1.54) is 5.56 Å². The van der Waals surface area contributed by atoms with E-state index in [0.29, 0.717) is 12.6 Å². The highest BCUT2D eigenvalue weighted by molar-refractivity contribution is 5.69. The van der Waals surface area contributed by atoms with E-state index < -0.39 is 5.60 Å². The molecule has 1 amide bonds. The van der Waals surface area contributed by atoms with E-state index in [9.17, 15) is 4.79 Å². The molecule has 25 heavy (non-hydrogen) atoms. The molecule has 5 nitrogen and oxygen atoms in total. The Kier molecular flexibility index (Phi) is 6.47. The molecule has 1 aromatic carbocycles. The summed E-state index contributed by atoms with van der Waals surface area (Å²) in [5.74, 6) is 0. The number of carbonyl (C=O) groups is 1. The van der Waals surface area contributed by atoms with Crippen LogP contribution in [0.5, 0.6) is 0 Å². The van der Waals surface area contributed by atoms with E-state index in [-0.39, 0.29) is 17.7 Å². The Bertz CT molecular complexity index is 546. The molecule has 0 atom stereocenters. The average Bonchev–Trinajstić information content (AvgIpc) is 2.47. The van der Waals surface area contributed by atoms with Crippen molar-refractivity contribution >= 4 is 6.09 Å². The molecule has 2 N–H and O–H groups in total. The zero-order valence-corrected chi connectivity index (χ0v) is 16.1. The zero-order chi connectivity index (χ0) is 18.5. The van der Waals surface area contributed by atoms with E-state index in [1.54, 1.807) is 0 Å². The predicted molar refractivity (Wildman–Crippen MR) is 99.5 cm³/mol. The van der Waals surface area contributed by atoms with Gasteiger partial charge in [0, 0.05) is 12.6 Å². The number of hydrogen-bond donors (Lipinski definition) is 2. The van der Waals surface area contributed by atoms with Gasteiger partial charge in [0.05, 0.1) is 18.2 Å². The Labute approximate surface area is 151 Å². The topological polar surface area (TPSA) is 59.6 Å². The fourth-order valence-electron chi connectivity index (χ4n) is 2.93. The standard InChI is InChI=1S/C20H32N2O3/c1-15(2)21-14-20(22-18(23)25-19(3,4)5)11-17(12-20)24-13-16-9-7-6-8-10-16/h6-10,15,17,21H,11-14H2,1-5H3,(H,22,23). The SMILES string of the molecule is CC(C)NCC1(NC(=O)OC(C)(C)C)CC(OCc2ccccc2)C1. The van der Waals surface area contributed by atoms with Crippen LogP contribution in [0.25, 0.3) is 0 Å². The van der Waals surface area contributed by atoms with E-state index in [2.05, 4.69) is 36.6 Å². The summed E-state index contributed by atoms with van der Waals surface area (Å²) in [5, 5.41) is 6.49. The van der Waals surface area contributed by atoms with E-state index in [4.69, 9.17) is 9.47 Å². The minimum absolute atomic E-state index is 0.157. The van der Waals surface area contributed by atoms with Crippen molar-refractivity contribution in [2.24, 2.45) is 0 Å². The third kappa shape index (κ3) is 6.67. The number of carbonyl (C=O) groups excluding carboxylic acids is 1. The van der Waals surface area contributed by atoms with Crippen molar-refractivity contribution in [1.29, 1.82) is 0 Å². The van der Waals surface area contributed by atoms with Gasteiger partial charge in [-0.1, -0.05) is 44.2 Å². The molecule has 0 heterocycles.